The number of carbonyl (C=O) groups excluding carboxylic acids is 4. The molecule has 5 aromatic heterocycles. The second-order valence-corrected chi connectivity index (χ2v) is 22.6. The fourth-order valence-electron chi connectivity index (χ4n) is 6.20. The maximum atomic E-state index is 11.6. The van der Waals surface area contributed by atoms with Gasteiger partial charge >= 0.3 is 65.8 Å². The van der Waals surface area contributed by atoms with E-state index in [0.717, 1.165) is 60.3 Å². The van der Waals surface area contributed by atoms with E-state index in [2.05, 4.69) is 98.0 Å². The molecule has 1 fully saturated rings. The van der Waals surface area contributed by atoms with Crippen molar-refractivity contribution in [1.29, 1.82) is 31.6 Å². The number of aromatic nitrogens is 5. The van der Waals surface area contributed by atoms with E-state index in [1.54, 1.807) is 20.8 Å². The first-order valence-electron chi connectivity index (χ1n) is 25.4. The molecule has 508 valence electrons. The maximum absolute atomic E-state index is 11.6. The van der Waals surface area contributed by atoms with Crippen LogP contribution >= 0.6 is 91.5 Å². The number of carboxylic acids is 1. The number of pyridine rings is 5. The number of thiol groups is 1. The molecular formula is C57H57Br2CuLiN13O17S5. The molecular weight excluding hydrogens is 1530 g/mol. The fraction of sp³-hybridized carbons (Fsp3) is 0.333. The Hall–Kier alpha value is -8.23. The van der Waals surface area contributed by atoms with Crippen LogP contribution in [0.2, 0.25) is 0 Å². The van der Waals surface area contributed by atoms with Crippen molar-refractivity contribution >= 4 is 133 Å². The predicted octanol–water partition coefficient (Wildman–Crippen LogP) is 4.56. The summed E-state index contributed by atoms with van der Waals surface area (Å²) in [7, 11) is 5.17. The molecule has 6 rings (SSSR count). The number of halogens is 2. The number of alkyl halides is 1. The number of carboxylic acid groups (broad SMARTS) is 1. The summed E-state index contributed by atoms with van der Waals surface area (Å²) in [5, 5.41) is 61.1. The van der Waals surface area contributed by atoms with E-state index in [1.807, 2.05) is 30.3 Å². The molecule has 39 heteroatoms. The number of esters is 4. The van der Waals surface area contributed by atoms with Crippen molar-refractivity contribution < 1.29 is 94.2 Å². The van der Waals surface area contributed by atoms with Gasteiger partial charge in [-0.1, -0.05) is 63.0 Å². The minimum Gasteiger partial charge on any atom is -0.870 e. The molecule has 0 aliphatic carbocycles. The number of aryl methyl sites for hydroxylation is 2. The van der Waals surface area contributed by atoms with Gasteiger partial charge in [0.2, 0.25) is 11.1 Å². The van der Waals surface area contributed by atoms with Gasteiger partial charge in [-0.15, -0.1) is 12.6 Å². The third-order valence-corrected chi connectivity index (χ3v) is 16.5. The van der Waals surface area contributed by atoms with Crippen molar-refractivity contribution in [3.8, 4) is 30.3 Å². The topological polar surface area (TPSA) is 497 Å². The summed E-state index contributed by atoms with van der Waals surface area (Å²) in [4.78, 5) is 128. The number of ether oxygens (including phenoxy) is 5. The zero-order valence-electron chi connectivity index (χ0n) is 52.5. The van der Waals surface area contributed by atoms with Crippen molar-refractivity contribution in [2.45, 2.75) is 79.0 Å². The predicted molar refractivity (Wildman–Crippen MR) is 354 cm³/mol. The molecule has 96 heavy (non-hydrogen) atoms. The molecule has 5 aromatic rings. The Labute approximate surface area is 611 Å². The van der Waals surface area contributed by atoms with Gasteiger partial charge in [0.25, 0.3) is 28.1 Å². The normalized spacial score (nSPS) is 9.78. The number of nitrogens with one attached hydrogen (secondary N) is 5. The number of thioether (sulfide) groups is 4. The first-order chi connectivity index (χ1) is 44.1. The average molecular weight is 1590 g/mol. The van der Waals surface area contributed by atoms with Crippen molar-refractivity contribution in [3.05, 3.63) is 153 Å². The number of aromatic amines is 5. The largest absolute Gasteiger partial charge is 1.00 e. The number of hydrogen-bond donors (Lipinski definition) is 7. The average Bonchev–Trinajstić information content (AvgIpc) is 1.01. The molecule has 30 nitrogen and oxygen atoms in total. The first-order valence-corrected chi connectivity index (χ1v) is 31.7. The van der Waals surface area contributed by atoms with Crippen LogP contribution in [0, 0.1) is 116 Å². The summed E-state index contributed by atoms with van der Waals surface area (Å²) < 4.78 is 23.0. The molecule has 0 saturated carbocycles. The molecule has 0 amide bonds. The van der Waals surface area contributed by atoms with Crippen molar-refractivity contribution in [2.75, 3.05) is 70.0 Å². The van der Waals surface area contributed by atoms with Gasteiger partial charge in [0.05, 0.1) is 122 Å². The van der Waals surface area contributed by atoms with Gasteiger partial charge < -0.3 is 71.0 Å². The van der Waals surface area contributed by atoms with Crippen LogP contribution in [0.1, 0.15) is 74.9 Å². The van der Waals surface area contributed by atoms with Gasteiger partial charge in [0, 0.05) is 25.3 Å². The number of methoxy groups -OCH3 is 4. The van der Waals surface area contributed by atoms with Gasteiger partial charge in [-0.3, -0.25) is 47.9 Å². The number of hydrogen-bond acceptors (Lipinski definition) is 27. The zero-order valence-corrected chi connectivity index (χ0v) is 60.7. The van der Waals surface area contributed by atoms with Crippen LogP contribution in [0.5, 0.6) is 0 Å². The minimum absolute atomic E-state index is 0. The van der Waals surface area contributed by atoms with Gasteiger partial charge in [-0.25, -0.2) is 9.69 Å². The van der Waals surface area contributed by atoms with E-state index in [4.69, 9.17) is 61.1 Å². The summed E-state index contributed by atoms with van der Waals surface area (Å²) in [5.41, 5.74) is 1.66. The van der Waals surface area contributed by atoms with E-state index < -0.39 is 35.0 Å². The van der Waals surface area contributed by atoms with E-state index in [1.165, 1.54) is 73.7 Å². The molecule has 0 atom stereocenters. The molecule has 0 radical (unpaired) electrons. The van der Waals surface area contributed by atoms with Crippen molar-refractivity contribution in [3.63, 3.8) is 0 Å². The van der Waals surface area contributed by atoms with E-state index in [-0.39, 0.29) is 131 Å². The number of rotatable bonds is 13. The molecule has 0 unspecified atom stereocenters. The molecule has 1 saturated heterocycles. The zero-order chi connectivity index (χ0) is 71.5. The van der Waals surface area contributed by atoms with Crippen LogP contribution in [-0.4, -0.2) is 135 Å². The molecule has 1 aliphatic rings. The molecule has 0 aromatic carbocycles. The van der Waals surface area contributed by atoms with Crippen LogP contribution in [-0.2, 0) is 64.7 Å². The third-order valence-electron chi connectivity index (χ3n) is 10.8. The summed E-state index contributed by atoms with van der Waals surface area (Å²) in [6.45, 7) is 28.5. The number of carbonyl (C=O) groups is 5. The second kappa shape index (κ2) is 54.0. The third kappa shape index (κ3) is 34.4. The molecule has 6 heterocycles. The number of H-pyrrole nitrogens is 5. The Kier molecular flexibility index (Phi) is 54.2. The Morgan fingerprint density at radius 3 is 1.17 bits per heavy atom. The first kappa shape index (κ1) is 96.5. The summed E-state index contributed by atoms with van der Waals surface area (Å²) in [5.74, 6) is -2.75. The fourth-order valence-corrected chi connectivity index (χ4v) is 10.5. The van der Waals surface area contributed by atoms with Crippen LogP contribution in [0.25, 0.3) is 9.69 Å². The molecule has 0 bridgehead atoms. The van der Waals surface area contributed by atoms with E-state index in [0.29, 0.717) is 58.5 Å². The molecule has 1 aliphatic heterocycles. The smallest absolute Gasteiger partial charge is 0.870 e. The van der Waals surface area contributed by atoms with Crippen LogP contribution in [0.3, 0.4) is 0 Å². The number of aliphatic carboxylic acids is 1. The Balaban J connectivity index is -0.000000341. The van der Waals surface area contributed by atoms with Gasteiger partial charge in [-0.2, -0.15) is 26.3 Å². The number of nitrogens with zero attached hydrogens (tertiary/aromatic N) is 8. The summed E-state index contributed by atoms with van der Waals surface area (Å²) >= 11 is 13.9. The standard InChI is InChI=1S/C11H9N3O3S.C10H9BrN2O3S.C10H7N3O3S.C10H10N2O3S.C7H6N2OS.C5H10O.C3H5BrO2.CN.Cu.Li.H2O/c1-6-7(4-12)11(18-5-8(15)17-3)14-10(16)9(6)13-2;1-5-6(3-12)10(13-9(15)8(5)11)17-4-7(14)16-2;1-5-6(3-11)10(17-4-7(14)15)13-9(16)8(5)12-2;1-6-3-8(13)12-10(7(6)4-11)16-5-9(14)15-2;1-4-2-6(10)9-7(11)5(4)3-8;1-2-4-6-5-3-1;1-6-3(5)2-4;1-2;;;/h5H2,1,3H3,(H,14,16);4H2,1-2H3,(H,13,15);4H2,1H3,(H,13,16)(H,14,15);3H,5H2,1-2H3,(H,12,13);2H,1H3,(H2,9,10,11);1-5H2;2H2,1H3;;;;1H2/q;;;;;;;-1;2*+1;/p-1. The summed E-state index contributed by atoms with van der Waals surface area (Å²) in [6, 6.07) is 12.4. The quantitative estimate of drug-likeness (QED) is 0.0161. The second-order valence-electron chi connectivity index (χ2n) is 16.9. The van der Waals surface area contributed by atoms with Crippen LogP contribution < -0.4 is 46.7 Å². The van der Waals surface area contributed by atoms with Crippen LogP contribution in [0.4, 0.5) is 11.4 Å². The Morgan fingerprint density at radius 1 is 0.562 bits per heavy atom. The van der Waals surface area contributed by atoms with Crippen LogP contribution in [0.15, 0.2) is 65.7 Å². The van der Waals surface area contributed by atoms with E-state index in [9.17, 15) is 47.9 Å². The monoisotopic (exact) mass is 1580 g/mol. The van der Waals surface area contributed by atoms with Gasteiger partial charge in [-0.05, 0) is 97.6 Å². The van der Waals surface area contributed by atoms with Gasteiger partial charge in [0.1, 0.15) is 35.7 Å². The molecule has 0 spiro atoms. The Bertz CT molecular complexity index is 4090. The number of nitriles is 5. The minimum atomic E-state index is -1.05. The van der Waals surface area contributed by atoms with Crippen molar-refractivity contribution in [1.82, 2.24) is 24.9 Å². The molecule has 7 N–H and O–H groups in total. The van der Waals surface area contributed by atoms with Crippen molar-refractivity contribution in [2.24, 2.45) is 0 Å². The summed E-state index contributed by atoms with van der Waals surface area (Å²) in [6.07, 6.45) is 3.93. The SMILES string of the molecule is C1CCOCC1.COC(=O)CBr.COC(=O)CSc1[nH]c(=O)c(Br)c(C)c1C#N.COC(=O)CSc1[nH]c(=O)cc(C)c1C#N.Cc1cc(=O)[nH]c(S)c1C#N.[C-]#N.[C-]#[N+]c1c(C)c(C#N)c(SCC(=O)O)[nH]c1=O.[C-]#[N+]c1c(C)c(C#N)c(SCC(=O)OC)[nH]c1=O.[Cu+].[Li+].[OH-]. The maximum Gasteiger partial charge on any atom is 1.00 e. The Morgan fingerprint density at radius 2 is 0.885 bits per heavy atom. The van der Waals surface area contributed by atoms with E-state index >= 15 is 0 Å². The van der Waals surface area contributed by atoms with Gasteiger partial charge in [0.15, 0.2) is 0 Å².